The molecule has 0 unspecified atom stereocenters. The molecule has 4 heterocycles. The van der Waals surface area contributed by atoms with E-state index in [4.69, 9.17) is 9.72 Å². The first kappa shape index (κ1) is 27.2. The third-order valence-corrected chi connectivity index (χ3v) is 9.52. The molecular weight excluding hydrogens is 544 g/mol. The normalized spacial score (nSPS) is 15.9. The summed E-state index contributed by atoms with van der Waals surface area (Å²) in [5.41, 5.74) is 2.75. The molecule has 1 N–H and O–H groups in total. The van der Waals surface area contributed by atoms with Crippen molar-refractivity contribution in [2.45, 2.75) is 69.4 Å². The summed E-state index contributed by atoms with van der Waals surface area (Å²) in [5, 5.41) is 3.10. The molecule has 0 amide bonds. The largest absolute Gasteiger partial charge is 0.480 e. The van der Waals surface area contributed by atoms with E-state index in [0.29, 0.717) is 52.5 Å². The summed E-state index contributed by atoms with van der Waals surface area (Å²) in [5.74, 6) is 1.67. The lowest BCUT2D eigenvalue weighted by molar-refractivity contribution is 0.397. The van der Waals surface area contributed by atoms with Crippen molar-refractivity contribution >= 4 is 26.8 Å². The number of nitrogens with one attached hydrogen (secondary N) is 1. The van der Waals surface area contributed by atoms with E-state index in [9.17, 15) is 13.2 Å². The summed E-state index contributed by atoms with van der Waals surface area (Å²) < 4.78 is 31.5. The van der Waals surface area contributed by atoms with Crippen molar-refractivity contribution in [3.05, 3.63) is 52.6 Å². The first-order chi connectivity index (χ1) is 19.9. The quantitative estimate of drug-likeness (QED) is 0.295. The number of ether oxygens (including phenoxy) is 1. The Bertz CT molecular complexity index is 1750. The van der Waals surface area contributed by atoms with Gasteiger partial charge in [0.1, 0.15) is 17.4 Å². The molecular formula is C28H32N8O4S. The Balaban J connectivity index is 1.38. The van der Waals surface area contributed by atoms with Crippen LogP contribution >= 0.6 is 0 Å². The fourth-order valence-corrected chi connectivity index (χ4v) is 6.17. The first-order valence-corrected chi connectivity index (χ1v) is 15.6. The van der Waals surface area contributed by atoms with Crippen molar-refractivity contribution in [1.29, 1.82) is 0 Å². The molecule has 0 aromatic carbocycles. The van der Waals surface area contributed by atoms with Crippen LogP contribution in [0.1, 0.15) is 62.8 Å². The predicted octanol–water partition coefficient (Wildman–Crippen LogP) is 3.52. The molecule has 0 radical (unpaired) electrons. The van der Waals surface area contributed by atoms with Gasteiger partial charge in [-0.2, -0.15) is 0 Å². The molecule has 4 aromatic rings. The molecule has 4 aromatic heterocycles. The van der Waals surface area contributed by atoms with E-state index < -0.39 is 9.84 Å². The van der Waals surface area contributed by atoms with E-state index in [-0.39, 0.29) is 28.6 Å². The van der Waals surface area contributed by atoms with Crippen molar-refractivity contribution < 1.29 is 13.2 Å². The number of anilines is 1. The van der Waals surface area contributed by atoms with Gasteiger partial charge in [0.2, 0.25) is 5.88 Å². The summed E-state index contributed by atoms with van der Waals surface area (Å²) in [6.07, 6.45) is 10.9. The van der Waals surface area contributed by atoms with E-state index >= 15 is 0 Å². The topological polar surface area (TPSA) is 155 Å². The fourth-order valence-electron chi connectivity index (χ4n) is 5.35. The van der Waals surface area contributed by atoms with Crippen molar-refractivity contribution in [3.8, 4) is 17.3 Å². The minimum Gasteiger partial charge on any atom is -0.480 e. The van der Waals surface area contributed by atoms with Crippen LogP contribution in [0.2, 0.25) is 0 Å². The Morgan fingerprint density at radius 1 is 1.02 bits per heavy atom. The van der Waals surface area contributed by atoms with Gasteiger partial charge in [-0.3, -0.25) is 14.3 Å². The van der Waals surface area contributed by atoms with E-state index in [1.54, 1.807) is 30.9 Å². The average Bonchev–Trinajstić information content (AvgIpc) is 3.72. The molecule has 0 aliphatic heterocycles. The Hall–Kier alpha value is -4.00. The molecule has 2 saturated carbocycles. The Morgan fingerprint density at radius 2 is 1.83 bits per heavy atom. The molecule has 2 fully saturated rings. The Kier molecular flexibility index (Phi) is 7.37. The fraction of sp³-hybridized carbons (Fsp3) is 0.464. The zero-order valence-corrected chi connectivity index (χ0v) is 23.9. The van der Waals surface area contributed by atoms with Gasteiger partial charge in [-0.1, -0.05) is 19.8 Å². The third-order valence-electron chi connectivity index (χ3n) is 7.80. The van der Waals surface area contributed by atoms with Crippen LogP contribution in [0.15, 0.2) is 40.5 Å². The average molecular weight is 577 g/mol. The van der Waals surface area contributed by atoms with E-state index in [0.717, 1.165) is 44.2 Å². The van der Waals surface area contributed by atoms with Gasteiger partial charge in [-0.25, -0.2) is 33.3 Å². The highest BCUT2D eigenvalue weighted by atomic mass is 32.2. The maximum Gasteiger partial charge on any atom is 0.294 e. The van der Waals surface area contributed by atoms with Gasteiger partial charge in [0.15, 0.2) is 27.1 Å². The molecule has 0 bridgehead atoms. The highest BCUT2D eigenvalue weighted by Crippen LogP contribution is 2.44. The second-order valence-corrected chi connectivity index (χ2v) is 12.9. The lowest BCUT2D eigenvalue weighted by Gasteiger charge is -2.17. The Labute approximate surface area is 237 Å². The molecule has 214 valence electrons. The predicted molar refractivity (Wildman–Crippen MR) is 152 cm³/mol. The number of sulfone groups is 1. The highest BCUT2D eigenvalue weighted by molar-refractivity contribution is 7.91. The number of hydrogen-bond acceptors (Lipinski definition) is 11. The highest BCUT2D eigenvalue weighted by Gasteiger charge is 2.31. The molecule has 0 saturated heterocycles. The number of rotatable bonds is 10. The van der Waals surface area contributed by atoms with Gasteiger partial charge in [0.25, 0.3) is 5.56 Å². The van der Waals surface area contributed by atoms with Crippen LogP contribution < -0.4 is 15.6 Å². The second-order valence-electron chi connectivity index (χ2n) is 10.6. The van der Waals surface area contributed by atoms with E-state index in [1.807, 2.05) is 0 Å². The van der Waals surface area contributed by atoms with Gasteiger partial charge < -0.3 is 10.1 Å². The lowest BCUT2D eigenvalue weighted by Crippen LogP contribution is -2.28. The molecule has 41 heavy (non-hydrogen) atoms. The van der Waals surface area contributed by atoms with Gasteiger partial charge in [-0.15, -0.1) is 0 Å². The summed E-state index contributed by atoms with van der Waals surface area (Å²) in [6.45, 7) is 2.32. The number of aromatic nitrogens is 7. The standard InChI is InChI=1S/C28H32N8O4S/c1-3-41(38,39)20-11-10-19(29-13-20)12-30-25-28(37)36(15-17-6-4-5-7-17)26-21(34-25)14-31-24(35-26)22-23(18-8-9-18)32-16-33-27(22)40-2/h10-11,13-14,16-18H,3-9,12,15H2,1-2H3,(H,30,34). The molecule has 2 aliphatic rings. The minimum atomic E-state index is -3.34. The maximum absolute atomic E-state index is 13.8. The van der Waals surface area contributed by atoms with Crippen LogP contribution in [0.3, 0.4) is 0 Å². The van der Waals surface area contributed by atoms with Gasteiger partial charge in [0.05, 0.1) is 41.9 Å². The number of nitrogens with zero attached hydrogens (tertiary/aromatic N) is 7. The maximum atomic E-state index is 13.8. The van der Waals surface area contributed by atoms with E-state index in [2.05, 4.69) is 30.2 Å². The molecule has 13 heteroatoms. The smallest absolute Gasteiger partial charge is 0.294 e. The van der Waals surface area contributed by atoms with Crippen LogP contribution in [0.25, 0.3) is 22.6 Å². The minimum absolute atomic E-state index is 0.00355. The zero-order chi connectivity index (χ0) is 28.6. The summed E-state index contributed by atoms with van der Waals surface area (Å²) >= 11 is 0. The van der Waals surface area contributed by atoms with Crippen LogP contribution in [0, 0.1) is 5.92 Å². The van der Waals surface area contributed by atoms with Crippen molar-refractivity contribution in [2.75, 3.05) is 18.2 Å². The van der Waals surface area contributed by atoms with Crippen LogP contribution in [0.4, 0.5) is 5.82 Å². The second kappa shape index (κ2) is 11.1. The molecule has 0 spiro atoms. The Morgan fingerprint density at radius 3 is 2.51 bits per heavy atom. The number of hydrogen-bond donors (Lipinski definition) is 1. The summed E-state index contributed by atoms with van der Waals surface area (Å²) in [4.78, 5) is 41.1. The lowest BCUT2D eigenvalue weighted by atomic mass is 10.1. The number of methoxy groups -OCH3 is 1. The SMILES string of the molecule is CCS(=O)(=O)c1ccc(CNc2nc3cnc(-c4c(OC)ncnc4C4CC4)nc3n(CC3CCCC3)c2=O)nc1. The third kappa shape index (κ3) is 5.50. The molecule has 6 rings (SSSR count). The molecule has 12 nitrogen and oxygen atoms in total. The number of fused-ring (bicyclic) bond motifs is 1. The van der Waals surface area contributed by atoms with Crippen molar-refractivity contribution in [1.82, 2.24) is 34.5 Å². The number of pyridine rings is 1. The van der Waals surface area contributed by atoms with Gasteiger partial charge in [0, 0.05) is 18.7 Å². The van der Waals surface area contributed by atoms with Crippen LogP contribution in [-0.4, -0.2) is 55.8 Å². The van der Waals surface area contributed by atoms with Gasteiger partial charge >= 0.3 is 0 Å². The van der Waals surface area contributed by atoms with Crippen LogP contribution in [-0.2, 0) is 22.9 Å². The first-order valence-electron chi connectivity index (χ1n) is 14.0. The zero-order valence-electron chi connectivity index (χ0n) is 23.1. The van der Waals surface area contributed by atoms with Crippen LogP contribution in [0.5, 0.6) is 5.88 Å². The molecule has 2 aliphatic carbocycles. The van der Waals surface area contributed by atoms with E-state index in [1.165, 1.54) is 18.6 Å². The van der Waals surface area contributed by atoms with Gasteiger partial charge in [-0.05, 0) is 43.7 Å². The summed E-state index contributed by atoms with van der Waals surface area (Å²) in [7, 11) is -1.78. The summed E-state index contributed by atoms with van der Waals surface area (Å²) in [6, 6.07) is 3.16. The van der Waals surface area contributed by atoms with Crippen molar-refractivity contribution in [3.63, 3.8) is 0 Å². The monoisotopic (exact) mass is 576 g/mol. The van der Waals surface area contributed by atoms with Crippen molar-refractivity contribution in [2.24, 2.45) is 5.92 Å². The molecule has 0 atom stereocenters.